The number of fused-ring (bicyclic) bond motifs is 3. The normalized spacial score (nSPS) is 13.3. The average Bonchev–Trinajstić information content (AvgIpc) is 3.24. The number of nitrogens with one attached hydrogen (secondary N) is 1. The molecule has 4 rings (SSSR count). The third kappa shape index (κ3) is 7.95. The highest BCUT2D eigenvalue weighted by atomic mass is 16.5. The third-order valence-corrected chi connectivity index (χ3v) is 7.03. The van der Waals surface area contributed by atoms with Gasteiger partial charge in [0.15, 0.2) is 0 Å². The third-order valence-electron chi connectivity index (χ3n) is 7.03. The fourth-order valence-electron chi connectivity index (χ4n) is 5.41. The Morgan fingerprint density at radius 1 is 0.902 bits per heavy atom. The number of alkyl carbamates (subject to hydrolysis) is 1. The van der Waals surface area contributed by atoms with E-state index in [1.807, 2.05) is 99.4 Å². The molecule has 0 radical (unpaired) electrons. The zero-order valence-electron chi connectivity index (χ0n) is 24.2. The van der Waals surface area contributed by atoms with Crippen molar-refractivity contribution in [3.63, 3.8) is 0 Å². The SMILES string of the molecule is CN(Cc1ccccc1)CC(NC(=O)OCC1c2ccccc2-c2ccccc21)C(=O)N(CC(=O)O)CC(C)(C)C. The van der Waals surface area contributed by atoms with Gasteiger partial charge in [0.05, 0.1) is 0 Å². The summed E-state index contributed by atoms with van der Waals surface area (Å²) >= 11 is 0. The van der Waals surface area contributed by atoms with E-state index in [9.17, 15) is 19.5 Å². The Labute approximate surface area is 241 Å². The van der Waals surface area contributed by atoms with Crippen molar-refractivity contribution in [3.8, 4) is 11.1 Å². The molecule has 2 amide bonds. The Balaban J connectivity index is 1.50. The summed E-state index contributed by atoms with van der Waals surface area (Å²) in [6.07, 6.45) is -0.718. The molecular formula is C33H39N3O5. The van der Waals surface area contributed by atoms with Crippen LogP contribution in [-0.2, 0) is 20.9 Å². The van der Waals surface area contributed by atoms with Crippen molar-refractivity contribution < 1.29 is 24.2 Å². The first kappa shape index (κ1) is 29.8. The maximum Gasteiger partial charge on any atom is 0.407 e. The quantitative estimate of drug-likeness (QED) is 0.345. The average molecular weight is 558 g/mol. The number of rotatable bonds is 11. The van der Waals surface area contributed by atoms with E-state index >= 15 is 0 Å². The molecule has 0 bridgehead atoms. The molecule has 0 fully saturated rings. The Kier molecular flexibility index (Phi) is 9.45. The van der Waals surface area contributed by atoms with Gasteiger partial charge in [-0.1, -0.05) is 99.6 Å². The van der Waals surface area contributed by atoms with Gasteiger partial charge in [0, 0.05) is 25.6 Å². The first-order valence-corrected chi connectivity index (χ1v) is 13.9. The summed E-state index contributed by atoms with van der Waals surface area (Å²) in [6, 6.07) is 25.0. The number of benzene rings is 3. The van der Waals surface area contributed by atoms with Gasteiger partial charge < -0.3 is 20.1 Å². The smallest absolute Gasteiger partial charge is 0.407 e. The van der Waals surface area contributed by atoms with E-state index in [0.29, 0.717) is 6.54 Å². The van der Waals surface area contributed by atoms with Gasteiger partial charge in [-0.25, -0.2) is 4.79 Å². The molecule has 0 saturated heterocycles. The van der Waals surface area contributed by atoms with Crippen molar-refractivity contribution >= 4 is 18.0 Å². The number of likely N-dealkylation sites (N-methyl/N-ethyl adjacent to an activating group) is 1. The molecule has 8 heteroatoms. The summed E-state index contributed by atoms with van der Waals surface area (Å²) in [5.74, 6) is -1.69. The lowest BCUT2D eigenvalue weighted by Gasteiger charge is -2.33. The topological polar surface area (TPSA) is 99.2 Å². The van der Waals surface area contributed by atoms with Crippen LogP contribution >= 0.6 is 0 Å². The molecule has 0 saturated carbocycles. The van der Waals surface area contributed by atoms with Crippen LogP contribution in [0.1, 0.15) is 43.4 Å². The molecule has 1 aliphatic carbocycles. The highest BCUT2D eigenvalue weighted by molar-refractivity contribution is 5.88. The summed E-state index contributed by atoms with van der Waals surface area (Å²) in [7, 11) is 1.86. The molecule has 8 nitrogen and oxygen atoms in total. The van der Waals surface area contributed by atoms with Crippen molar-refractivity contribution in [1.29, 1.82) is 0 Å². The van der Waals surface area contributed by atoms with Crippen molar-refractivity contribution in [2.75, 3.05) is 33.3 Å². The van der Waals surface area contributed by atoms with Gasteiger partial charge in [0.1, 0.15) is 19.2 Å². The minimum Gasteiger partial charge on any atom is -0.480 e. The molecule has 0 aliphatic heterocycles. The van der Waals surface area contributed by atoms with Crippen LogP contribution in [0.4, 0.5) is 4.79 Å². The minimum atomic E-state index is -1.11. The number of carboxylic acid groups (broad SMARTS) is 1. The summed E-state index contributed by atoms with van der Waals surface area (Å²) in [5.41, 5.74) is 5.15. The minimum absolute atomic E-state index is 0.113. The predicted octanol–water partition coefficient (Wildman–Crippen LogP) is 4.99. The van der Waals surface area contributed by atoms with Crippen molar-refractivity contribution in [1.82, 2.24) is 15.1 Å². The second-order valence-electron chi connectivity index (χ2n) is 11.9. The molecule has 0 spiro atoms. The van der Waals surface area contributed by atoms with Gasteiger partial charge in [-0.3, -0.25) is 14.5 Å². The molecule has 216 valence electrons. The van der Waals surface area contributed by atoms with E-state index in [-0.39, 0.29) is 31.0 Å². The number of amides is 2. The summed E-state index contributed by atoms with van der Waals surface area (Å²) in [6.45, 7) is 6.42. The Hall–Kier alpha value is -4.17. The van der Waals surface area contributed by atoms with E-state index in [4.69, 9.17) is 4.74 Å². The number of aliphatic carboxylic acids is 1. The van der Waals surface area contributed by atoms with E-state index in [0.717, 1.165) is 27.8 Å². The number of hydrogen-bond acceptors (Lipinski definition) is 5. The second kappa shape index (κ2) is 13.0. The van der Waals surface area contributed by atoms with Crippen molar-refractivity contribution in [3.05, 3.63) is 95.6 Å². The first-order chi connectivity index (χ1) is 19.5. The number of hydrogen-bond donors (Lipinski definition) is 2. The Morgan fingerprint density at radius 2 is 1.46 bits per heavy atom. The van der Waals surface area contributed by atoms with E-state index in [1.54, 1.807) is 0 Å². The zero-order valence-corrected chi connectivity index (χ0v) is 24.2. The van der Waals surface area contributed by atoms with Crippen LogP contribution in [0.25, 0.3) is 11.1 Å². The number of carboxylic acids is 1. The fraction of sp³-hybridized carbons (Fsp3) is 0.364. The lowest BCUT2D eigenvalue weighted by molar-refractivity contribution is -0.146. The molecule has 1 aliphatic rings. The number of carbonyl (C=O) groups excluding carboxylic acids is 2. The first-order valence-electron chi connectivity index (χ1n) is 13.9. The monoisotopic (exact) mass is 557 g/mol. The molecule has 1 unspecified atom stereocenters. The number of nitrogens with zero attached hydrogens (tertiary/aromatic N) is 2. The standard InChI is InChI=1S/C33H39N3O5/c1-33(2,3)22-36(20-30(37)38)31(39)29(19-35(4)18-23-12-6-5-7-13-23)34-32(40)41-21-28-26-16-10-8-14-24(26)25-15-9-11-17-27(25)28/h5-17,28-29H,18-22H2,1-4H3,(H,34,40)(H,37,38). The van der Waals surface area contributed by atoms with Crippen LogP contribution in [-0.4, -0.2) is 72.2 Å². The van der Waals surface area contributed by atoms with Crippen molar-refractivity contribution in [2.24, 2.45) is 5.41 Å². The van der Waals surface area contributed by atoms with E-state index < -0.39 is 30.6 Å². The molecule has 2 N–H and O–H groups in total. The Morgan fingerprint density at radius 3 is 2.02 bits per heavy atom. The van der Waals surface area contributed by atoms with Crippen LogP contribution in [0, 0.1) is 5.41 Å². The lowest BCUT2D eigenvalue weighted by Crippen LogP contribution is -2.55. The van der Waals surface area contributed by atoms with Crippen LogP contribution in [0.3, 0.4) is 0 Å². The summed E-state index contributed by atoms with van der Waals surface area (Å²) in [5, 5.41) is 12.3. The van der Waals surface area contributed by atoms with Crippen LogP contribution in [0.15, 0.2) is 78.9 Å². The molecule has 0 heterocycles. The predicted molar refractivity (Wildman–Crippen MR) is 158 cm³/mol. The van der Waals surface area contributed by atoms with Gasteiger partial charge in [-0.2, -0.15) is 0 Å². The molecule has 1 atom stereocenters. The van der Waals surface area contributed by atoms with E-state index in [1.165, 1.54) is 4.90 Å². The molecule has 3 aromatic carbocycles. The number of carbonyl (C=O) groups is 3. The van der Waals surface area contributed by atoms with Crippen LogP contribution in [0.2, 0.25) is 0 Å². The van der Waals surface area contributed by atoms with Gasteiger partial charge in [-0.15, -0.1) is 0 Å². The molecule has 41 heavy (non-hydrogen) atoms. The van der Waals surface area contributed by atoms with Crippen molar-refractivity contribution in [2.45, 2.75) is 39.3 Å². The maximum absolute atomic E-state index is 13.7. The lowest BCUT2D eigenvalue weighted by atomic mass is 9.95. The summed E-state index contributed by atoms with van der Waals surface area (Å²) < 4.78 is 5.73. The second-order valence-corrected chi connectivity index (χ2v) is 11.9. The fourth-order valence-corrected chi connectivity index (χ4v) is 5.41. The van der Waals surface area contributed by atoms with Gasteiger partial charge >= 0.3 is 12.1 Å². The largest absolute Gasteiger partial charge is 0.480 e. The molecule has 3 aromatic rings. The Bertz CT molecular complexity index is 1320. The van der Waals surface area contributed by atoms with Crippen LogP contribution in [0.5, 0.6) is 0 Å². The van der Waals surface area contributed by atoms with Crippen LogP contribution < -0.4 is 5.32 Å². The zero-order chi connectivity index (χ0) is 29.6. The molecular weight excluding hydrogens is 518 g/mol. The van der Waals surface area contributed by atoms with Gasteiger partial charge in [-0.05, 0) is 40.3 Å². The van der Waals surface area contributed by atoms with E-state index in [2.05, 4.69) is 17.4 Å². The highest BCUT2D eigenvalue weighted by Gasteiger charge is 2.33. The van der Waals surface area contributed by atoms with Gasteiger partial charge in [0.25, 0.3) is 0 Å². The highest BCUT2D eigenvalue weighted by Crippen LogP contribution is 2.44. The maximum atomic E-state index is 13.7. The molecule has 0 aromatic heterocycles. The number of ether oxygens (including phenoxy) is 1. The summed E-state index contributed by atoms with van der Waals surface area (Å²) in [4.78, 5) is 41.8. The van der Waals surface area contributed by atoms with Gasteiger partial charge in [0.2, 0.25) is 5.91 Å².